The average Bonchev–Trinajstić information content (AvgIpc) is 2.68. The third kappa shape index (κ3) is 3.75. The summed E-state index contributed by atoms with van der Waals surface area (Å²) in [5.41, 5.74) is 6.86. The molecule has 106 valence electrons. The van der Waals surface area contributed by atoms with E-state index in [1.165, 1.54) is 6.07 Å². The Labute approximate surface area is 114 Å². The second-order valence-corrected chi connectivity index (χ2v) is 5.46. The normalized spacial score (nSPS) is 20.8. The van der Waals surface area contributed by atoms with Crippen molar-refractivity contribution < 1.29 is 9.13 Å². The monoisotopic (exact) mass is 266 g/mol. The lowest BCUT2D eigenvalue weighted by Gasteiger charge is -2.40. The Morgan fingerprint density at radius 3 is 2.95 bits per heavy atom. The lowest BCUT2D eigenvalue weighted by molar-refractivity contribution is 0.0939. The van der Waals surface area contributed by atoms with Gasteiger partial charge < -0.3 is 10.5 Å². The number of rotatable bonds is 4. The van der Waals surface area contributed by atoms with Crippen LogP contribution in [-0.4, -0.2) is 43.3 Å². The Balaban J connectivity index is 2.12. The Morgan fingerprint density at radius 2 is 2.21 bits per heavy atom. The molecule has 0 aliphatic carbocycles. The molecule has 1 unspecified atom stereocenters. The Kier molecular flexibility index (Phi) is 4.91. The average molecular weight is 266 g/mol. The standard InChI is InChI=1S/C15H23FN2O/c1-15(12-17,18-6-3-8-19-9-7-18)11-13-4-2-5-14(16)10-13/h2,4-5,10H,3,6-9,11-12,17H2,1H3. The highest BCUT2D eigenvalue weighted by Gasteiger charge is 2.31. The molecule has 2 N–H and O–H groups in total. The van der Waals surface area contributed by atoms with Gasteiger partial charge in [-0.3, -0.25) is 4.90 Å². The first-order valence-corrected chi connectivity index (χ1v) is 6.91. The summed E-state index contributed by atoms with van der Waals surface area (Å²) in [7, 11) is 0. The summed E-state index contributed by atoms with van der Waals surface area (Å²) in [5.74, 6) is -0.184. The Hall–Kier alpha value is -0.970. The highest BCUT2D eigenvalue weighted by atomic mass is 19.1. The van der Waals surface area contributed by atoms with E-state index in [1.807, 2.05) is 6.07 Å². The van der Waals surface area contributed by atoms with Crippen molar-refractivity contribution >= 4 is 0 Å². The van der Waals surface area contributed by atoms with E-state index in [0.29, 0.717) is 6.54 Å². The minimum absolute atomic E-state index is 0.137. The molecule has 0 spiro atoms. The van der Waals surface area contributed by atoms with Gasteiger partial charge in [-0.15, -0.1) is 0 Å². The minimum Gasteiger partial charge on any atom is -0.380 e. The van der Waals surface area contributed by atoms with Gasteiger partial charge in [0.1, 0.15) is 5.82 Å². The molecule has 1 aliphatic rings. The van der Waals surface area contributed by atoms with Crippen LogP contribution in [-0.2, 0) is 11.2 Å². The number of nitrogens with two attached hydrogens (primary N) is 1. The summed E-state index contributed by atoms with van der Waals surface area (Å²) in [4.78, 5) is 2.38. The van der Waals surface area contributed by atoms with Crippen LogP contribution in [0.5, 0.6) is 0 Å². The SMILES string of the molecule is CC(CN)(Cc1cccc(F)c1)N1CCCOCC1. The molecule has 19 heavy (non-hydrogen) atoms. The summed E-state index contributed by atoms with van der Waals surface area (Å²) < 4.78 is 18.8. The summed E-state index contributed by atoms with van der Waals surface area (Å²) in [6, 6.07) is 6.80. The van der Waals surface area contributed by atoms with Crippen molar-refractivity contribution in [3.63, 3.8) is 0 Å². The van der Waals surface area contributed by atoms with Crippen molar-refractivity contribution in [2.24, 2.45) is 5.73 Å². The van der Waals surface area contributed by atoms with Gasteiger partial charge in [0, 0.05) is 31.8 Å². The van der Waals surface area contributed by atoms with Crippen molar-refractivity contribution in [2.45, 2.75) is 25.3 Å². The molecule has 1 heterocycles. The third-order valence-electron chi connectivity index (χ3n) is 3.90. The second kappa shape index (κ2) is 6.46. The fraction of sp³-hybridized carbons (Fsp3) is 0.600. The number of benzene rings is 1. The fourth-order valence-corrected chi connectivity index (χ4v) is 2.69. The largest absolute Gasteiger partial charge is 0.380 e. The molecule has 0 amide bonds. The molecule has 3 nitrogen and oxygen atoms in total. The summed E-state index contributed by atoms with van der Waals surface area (Å²) >= 11 is 0. The van der Waals surface area contributed by atoms with E-state index in [0.717, 1.165) is 44.7 Å². The quantitative estimate of drug-likeness (QED) is 0.903. The van der Waals surface area contributed by atoms with Gasteiger partial charge in [0.2, 0.25) is 0 Å². The molecule has 0 aromatic heterocycles. The smallest absolute Gasteiger partial charge is 0.123 e. The van der Waals surface area contributed by atoms with E-state index < -0.39 is 0 Å². The van der Waals surface area contributed by atoms with Gasteiger partial charge in [0.25, 0.3) is 0 Å². The second-order valence-electron chi connectivity index (χ2n) is 5.46. The van der Waals surface area contributed by atoms with Gasteiger partial charge in [-0.2, -0.15) is 0 Å². The topological polar surface area (TPSA) is 38.5 Å². The van der Waals surface area contributed by atoms with Crippen molar-refractivity contribution in [1.82, 2.24) is 4.90 Å². The third-order valence-corrected chi connectivity index (χ3v) is 3.90. The van der Waals surface area contributed by atoms with Crippen LogP contribution in [0.2, 0.25) is 0 Å². The van der Waals surface area contributed by atoms with E-state index in [4.69, 9.17) is 10.5 Å². The molecule has 1 atom stereocenters. The van der Waals surface area contributed by atoms with Gasteiger partial charge in [-0.05, 0) is 37.5 Å². The van der Waals surface area contributed by atoms with E-state index in [1.54, 1.807) is 12.1 Å². The van der Waals surface area contributed by atoms with Crippen LogP contribution in [0.25, 0.3) is 0 Å². The zero-order valence-corrected chi connectivity index (χ0v) is 11.6. The van der Waals surface area contributed by atoms with Gasteiger partial charge >= 0.3 is 0 Å². The molecular formula is C15H23FN2O. The van der Waals surface area contributed by atoms with Gasteiger partial charge in [0.05, 0.1) is 6.61 Å². The first kappa shape index (κ1) is 14.4. The highest BCUT2D eigenvalue weighted by Crippen LogP contribution is 2.22. The molecule has 0 bridgehead atoms. The molecular weight excluding hydrogens is 243 g/mol. The molecule has 1 aliphatic heterocycles. The molecule has 0 saturated carbocycles. The van der Waals surface area contributed by atoms with E-state index in [9.17, 15) is 4.39 Å². The first-order chi connectivity index (χ1) is 9.14. The predicted molar refractivity (Wildman–Crippen MR) is 74.6 cm³/mol. The maximum Gasteiger partial charge on any atom is 0.123 e. The summed E-state index contributed by atoms with van der Waals surface area (Å²) in [6.07, 6.45) is 1.79. The fourth-order valence-electron chi connectivity index (χ4n) is 2.69. The first-order valence-electron chi connectivity index (χ1n) is 6.91. The predicted octanol–water partition coefficient (Wildman–Crippen LogP) is 1.81. The van der Waals surface area contributed by atoms with Crippen molar-refractivity contribution in [3.05, 3.63) is 35.6 Å². The van der Waals surface area contributed by atoms with Crippen LogP contribution in [0, 0.1) is 5.82 Å². The maximum atomic E-state index is 13.3. The molecule has 1 saturated heterocycles. The zero-order chi connectivity index (χ0) is 13.7. The maximum absolute atomic E-state index is 13.3. The Bertz CT molecular complexity index is 405. The van der Waals surface area contributed by atoms with E-state index >= 15 is 0 Å². The molecule has 0 radical (unpaired) electrons. The van der Waals surface area contributed by atoms with E-state index in [2.05, 4.69) is 11.8 Å². The molecule has 2 rings (SSSR count). The van der Waals surface area contributed by atoms with E-state index in [-0.39, 0.29) is 11.4 Å². The van der Waals surface area contributed by atoms with Crippen LogP contribution in [0.4, 0.5) is 4.39 Å². The molecule has 4 heteroatoms. The lowest BCUT2D eigenvalue weighted by Crippen LogP contribution is -2.54. The van der Waals surface area contributed by atoms with Crippen LogP contribution < -0.4 is 5.73 Å². The van der Waals surface area contributed by atoms with Gasteiger partial charge in [-0.25, -0.2) is 4.39 Å². The van der Waals surface area contributed by atoms with Crippen molar-refractivity contribution in [1.29, 1.82) is 0 Å². The number of hydrogen-bond donors (Lipinski definition) is 1. The van der Waals surface area contributed by atoms with Gasteiger partial charge in [0.15, 0.2) is 0 Å². The van der Waals surface area contributed by atoms with Crippen LogP contribution in [0.3, 0.4) is 0 Å². The van der Waals surface area contributed by atoms with Crippen molar-refractivity contribution in [3.8, 4) is 0 Å². The zero-order valence-electron chi connectivity index (χ0n) is 11.6. The molecule has 1 aromatic carbocycles. The van der Waals surface area contributed by atoms with Crippen LogP contribution in [0.15, 0.2) is 24.3 Å². The lowest BCUT2D eigenvalue weighted by atomic mass is 9.90. The molecule has 1 aromatic rings. The van der Waals surface area contributed by atoms with Gasteiger partial charge in [-0.1, -0.05) is 12.1 Å². The highest BCUT2D eigenvalue weighted by molar-refractivity contribution is 5.19. The van der Waals surface area contributed by atoms with Crippen LogP contribution in [0.1, 0.15) is 18.9 Å². The number of ether oxygens (including phenoxy) is 1. The Morgan fingerprint density at radius 1 is 1.37 bits per heavy atom. The summed E-state index contributed by atoms with van der Waals surface area (Å²) in [5, 5.41) is 0. The molecule has 1 fully saturated rings. The van der Waals surface area contributed by atoms with Crippen molar-refractivity contribution in [2.75, 3.05) is 32.8 Å². The van der Waals surface area contributed by atoms with Crippen LogP contribution >= 0.6 is 0 Å². The number of nitrogens with zero attached hydrogens (tertiary/aromatic N) is 1. The summed E-state index contributed by atoms with van der Waals surface area (Å²) in [6.45, 7) is 6.16. The number of halogens is 1. The minimum atomic E-state index is -0.184. The number of hydrogen-bond acceptors (Lipinski definition) is 3.